The molecule has 0 spiro atoms. The molecule has 4 amide bonds. The van der Waals surface area contributed by atoms with Crippen molar-refractivity contribution < 1.29 is 57.2 Å². The second-order valence-corrected chi connectivity index (χ2v) is 26.8. The zero-order chi connectivity index (χ0) is 70.9. The maximum Gasteiger partial charge on any atom is 0.255 e. The van der Waals surface area contributed by atoms with Crippen LogP contribution in [0.15, 0.2) is 36.4 Å². The first kappa shape index (κ1) is 81.0. The largest absolute Gasteiger partial charge is 0.496 e. The minimum absolute atomic E-state index is 0.0801. The summed E-state index contributed by atoms with van der Waals surface area (Å²) in [5.74, 6) is -0.0661. The SMILES string of the molecule is CCC(C)(NC1CCC(NC(=O)c2cc(C(=O)NC3CCC(NC(=O)c4cc(C(=O)C(C)N(C)CCN(C)C)c(OCCCCCN)cc4OCCCCCN)CC3)c(OC)cc2OC)CC1)C(=O)c1cc(C(=O)NCCN(C)C)c(OCCCCCN)cc1OCCCCCN. The molecule has 0 bridgehead atoms. The van der Waals surface area contributed by atoms with Crippen LogP contribution in [0.2, 0.25) is 0 Å². The molecule has 0 aromatic heterocycles. The molecule has 2 saturated carbocycles. The van der Waals surface area contributed by atoms with Gasteiger partial charge in [-0.05, 0) is 228 Å². The summed E-state index contributed by atoms with van der Waals surface area (Å²) in [6.45, 7) is 11.9. The maximum absolute atomic E-state index is 15.1. The minimum Gasteiger partial charge on any atom is -0.496 e. The first-order valence-corrected chi connectivity index (χ1v) is 35.7. The summed E-state index contributed by atoms with van der Waals surface area (Å²) in [6.07, 6.45) is 15.0. The van der Waals surface area contributed by atoms with E-state index in [-0.39, 0.29) is 86.9 Å². The van der Waals surface area contributed by atoms with Gasteiger partial charge in [0, 0.05) is 68.5 Å². The van der Waals surface area contributed by atoms with E-state index in [1.54, 1.807) is 30.3 Å². The summed E-state index contributed by atoms with van der Waals surface area (Å²) < 4.78 is 36.7. The monoisotopic (exact) mass is 1360 g/mol. The van der Waals surface area contributed by atoms with Crippen molar-refractivity contribution in [3.63, 3.8) is 0 Å². The van der Waals surface area contributed by atoms with Crippen LogP contribution < -0.4 is 77.9 Å². The van der Waals surface area contributed by atoms with Crippen molar-refractivity contribution in [2.45, 2.75) is 191 Å². The summed E-state index contributed by atoms with van der Waals surface area (Å²) in [7, 11) is 12.7. The van der Waals surface area contributed by atoms with E-state index in [2.05, 4.69) is 31.5 Å². The number of rotatable bonds is 47. The Hall–Kier alpha value is -6.64. The third-order valence-corrected chi connectivity index (χ3v) is 18.6. The molecule has 544 valence electrons. The van der Waals surface area contributed by atoms with Crippen LogP contribution in [-0.2, 0) is 0 Å². The Bertz CT molecular complexity index is 2930. The second-order valence-electron chi connectivity index (χ2n) is 26.8. The lowest BCUT2D eigenvalue weighted by atomic mass is 9.83. The first-order chi connectivity index (χ1) is 46.6. The van der Waals surface area contributed by atoms with Crippen molar-refractivity contribution in [1.82, 2.24) is 41.3 Å². The van der Waals surface area contributed by atoms with Crippen LogP contribution in [0.1, 0.15) is 218 Å². The molecule has 2 unspecified atom stereocenters. The van der Waals surface area contributed by atoms with Crippen molar-refractivity contribution in [3.05, 3.63) is 69.8 Å². The molecule has 2 atom stereocenters. The summed E-state index contributed by atoms with van der Waals surface area (Å²) in [4.78, 5) is 92.6. The van der Waals surface area contributed by atoms with Gasteiger partial charge in [0.15, 0.2) is 11.6 Å². The van der Waals surface area contributed by atoms with E-state index in [1.807, 2.05) is 65.8 Å². The molecule has 3 aromatic rings. The van der Waals surface area contributed by atoms with Gasteiger partial charge in [0.05, 0.1) is 85.6 Å². The number of ether oxygens (including phenoxy) is 6. The highest BCUT2D eigenvalue weighted by molar-refractivity contribution is 6.09. The van der Waals surface area contributed by atoms with Gasteiger partial charge >= 0.3 is 0 Å². The number of unbranched alkanes of at least 4 members (excludes halogenated alkanes) is 8. The number of hydrogen-bond acceptors (Lipinski definition) is 20. The van der Waals surface area contributed by atoms with Gasteiger partial charge < -0.3 is 87.7 Å². The van der Waals surface area contributed by atoms with Gasteiger partial charge in [-0.1, -0.05) is 6.92 Å². The van der Waals surface area contributed by atoms with Crippen LogP contribution >= 0.6 is 0 Å². The van der Waals surface area contributed by atoms with Gasteiger partial charge in [0.2, 0.25) is 0 Å². The van der Waals surface area contributed by atoms with Gasteiger partial charge in [-0.2, -0.15) is 0 Å². The molecule has 97 heavy (non-hydrogen) atoms. The normalized spacial score (nSPS) is 17.2. The minimum atomic E-state index is -1.06. The van der Waals surface area contributed by atoms with Gasteiger partial charge in [-0.3, -0.25) is 33.7 Å². The molecule has 2 fully saturated rings. The summed E-state index contributed by atoms with van der Waals surface area (Å²) >= 11 is 0. The molecule has 0 radical (unpaired) electrons. The van der Waals surface area contributed by atoms with E-state index < -0.39 is 23.4 Å². The van der Waals surface area contributed by atoms with Crippen LogP contribution in [-0.4, -0.2) is 214 Å². The molecule has 2 aliphatic carbocycles. The number of carbonyl (C=O) groups excluding carboxylic acids is 6. The standard InChI is InChI=1S/C73H120N12O12/c1-11-73(3,68(87)56-45-59(69(88)78-36-37-83(4)5)65(96-42-22-14-18-34-76)49-64(56)95-41-21-13-17-33-75)82-54-30-28-53(29-31-54)80-71(90)58-46-57(61(92-9)47-62(58)93-10)70(89)79-51-24-26-52(27-25-51)81-72(91)60-44-55(67(86)50(2)85(8)39-38-84(6)7)63(94-40-20-12-16-32-74)48-66(60)97-43-23-15-19-35-77/h44-54,82H,11-43,74-77H2,1-10H3,(H,78,88)(H,79,89)(H,80,90)(H,81,91). The second kappa shape index (κ2) is 43.0. The van der Waals surface area contributed by atoms with Gasteiger partial charge in [0.25, 0.3) is 23.6 Å². The number of Topliss-reactive ketones (excluding diaryl/α,β-unsaturated/α-hetero) is 2. The molecule has 3 aromatic carbocycles. The van der Waals surface area contributed by atoms with Crippen molar-refractivity contribution in [1.29, 1.82) is 0 Å². The highest BCUT2D eigenvalue weighted by Crippen LogP contribution is 2.37. The average Bonchev–Trinajstić information content (AvgIpc) is 0.797. The highest BCUT2D eigenvalue weighted by Gasteiger charge is 2.39. The Labute approximate surface area is 578 Å². The number of amides is 4. The Morgan fingerprint density at radius 3 is 1.18 bits per heavy atom. The third-order valence-electron chi connectivity index (χ3n) is 18.6. The van der Waals surface area contributed by atoms with Crippen molar-refractivity contribution in [3.8, 4) is 34.5 Å². The molecule has 24 nitrogen and oxygen atoms in total. The lowest BCUT2D eigenvalue weighted by molar-refractivity contribution is 0.0825. The molecular formula is C73H120N12O12. The molecule has 24 heteroatoms. The van der Waals surface area contributed by atoms with E-state index in [9.17, 15) is 24.0 Å². The fraction of sp³-hybridized carbons (Fsp3) is 0.671. The average molecular weight is 1360 g/mol. The van der Waals surface area contributed by atoms with Gasteiger partial charge in [0.1, 0.15) is 34.5 Å². The smallest absolute Gasteiger partial charge is 0.255 e. The third kappa shape index (κ3) is 25.9. The molecule has 0 heterocycles. The van der Waals surface area contributed by atoms with Crippen LogP contribution in [0.4, 0.5) is 0 Å². The molecule has 0 aliphatic heterocycles. The lowest BCUT2D eigenvalue weighted by Gasteiger charge is -2.37. The Morgan fingerprint density at radius 2 is 0.794 bits per heavy atom. The number of likely N-dealkylation sites (N-methyl/N-ethyl adjacent to an activating group) is 3. The fourth-order valence-corrected chi connectivity index (χ4v) is 12.1. The first-order valence-electron chi connectivity index (χ1n) is 35.7. The van der Waals surface area contributed by atoms with E-state index >= 15 is 4.79 Å². The number of benzene rings is 3. The van der Waals surface area contributed by atoms with E-state index in [0.29, 0.717) is 159 Å². The molecule has 2 aliphatic rings. The van der Waals surface area contributed by atoms with Gasteiger partial charge in [-0.25, -0.2) is 0 Å². The lowest BCUT2D eigenvalue weighted by Crippen LogP contribution is -2.55. The maximum atomic E-state index is 15.1. The van der Waals surface area contributed by atoms with Crippen LogP contribution in [0.5, 0.6) is 34.5 Å². The predicted molar refractivity (Wildman–Crippen MR) is 383 cm³/mol. The summed E-state index contributed by atoms with van der Waals surface area (Å²) in [6, 6.07) is 8.38. The van der Waals surface area contributed by atoms with Crippen LogP contribution in [0.3, 0.4) is 0 Å². The number of nitrogens with two attached hydrogens (primary N) is 4. The Kier molecular flexibility index (Phi) is 35.9. The molecule has 13 N–H and O–H groups in total. The molecule has 0 saturated heterocycles. The number of ketones is 2. The quantitative estimate of drug-likeness (QED) is 0.0199. The van der Waals surface area contributed by atoms with Crippen molar-refractivity contribution >= 4 is 35.2 Å². The highest BCUT2D eigenvalue weighted by atomic mass is 16.5. The van der Waals surface area contributed by atoms with Crippen LogP contribution in [0, 0.1) is 0 Å². The number of hydrogen-bond donors (Lipinski definition) is 9. The fourth-order valence-electron chi connectivity index (χ4n) is 12.1. The van der Waals surface area contributed by atoms with Crippen LogP contribution in [0.25, 0.3) is 0 Å². The van der Waals surface area contributed by atoms with Gasteiger partial charge in [-0.15, -0.1) is 0 Å². The Balaban J connectivity index is 1.27. The Morgan fingerprint density at radius 1 is 0.454 bits per heavy atom. The van der Waals surface area contributed by atoms with Crippen molar-refractivity contribution in [2.24, 2.45) is 22.9 Å². The summed E-state index contributed by atoms with van der Waals surface area (Å²) in [5, 5.41) is 16.3. The number of nitrogens with one attached hydrogen (secondary N) is 5. The van der Waals surface area contributed by atoms with E-state index in [0.717, 1.165) is 83.6 Å². The van der Waals surface area contributed by atoms with E-state index in [4.69, 9.17) is 51.4 Å². The predicted octanol–water partition coefficient (Wildman–Crippen LogP) is 7.24. The number of methoxy groups -OCH3 is 2. The van der Waals surface area contributed by atoms with E-state index in [1.165, 1.54) is 20.3 Å². The molecule has 5 rings (SSSR count). The zero-order valence-electron chi connectivity index (χ0n) is 60.2. The number of nitrogens with zero attached hydrogens (tertiary/aromatic N) is 3. The zero-order valence-corrected chi connectivity index (χ0v) is 60.2. The molecular weight excluding hydrogens is 1240 g/mol. The van der Waals surface area contributed by atoms with Crippen molar-refractivity contribution in [2.75, 3.05) is 128 Å². The topological polar surface area (TPSA) is 332 Å². The number of carbonyl (C=O) groups is 6. The summed E-state index contributed by atoms with van der Waals surface area (Å²) in [5.41, 5.74) is 23.4.